The summed E-state index contributed by atoms with van der Waals surface area (Å²) in [5.74, 6) is -0.348. The number of benzene rings is 2. The van der Waals surface area contributed by atoms with Crippen LogP contribution >= 0.6 is 0 Å². The number of piperidine rings is 1. The van der Waals surface area contributed by atoms with Crippen LogP contribution in [0.3, 0.4) is 0 Å². The summed E-state index contributed by atoms with van der Waals surface area (Å²) in [5.41, 5.74) is 2.59. The Labute approximate surface area is 177 Å². The number of fused-ring (bicyclic) bond motifs is 2. The third kappa shape index (κ3) is 3.16. The van der Waals surface area contributed by atoms with E-state index in [2.05, 4.69) is 36.1 Å². The van der Waals surface area contributed by atoms with E-state index >= 15 is 0 Å². The van der Waals surface area contributed by atoms with Crippen LogP contribution in [0.4, 0.5) is 10.1 Å². The lowest BCUT2D eigenvalue weighted by molar-refractivity contribution is -0.120. The van der Waals surface area contributed by atoms with Crippen molar-refractivity contribution in [1.82, 2.24) is 4.90 Å². The van der Waals surface area contributed by atoms with Crippen LogP contribution in [0.5, 0.6) is 0 Å². The molecule has 3 aliphatic rings. The molecule has 0 N–H and O–H groups in total. The monoisotopic (exact) mass is 405 g/mol. The lowest BCUT2D eigenvalue weighted by atomic mass is 9.76. The van der Waals surface area contributed by atoms with Crippen molar-refractivity contribution in [3.05, 3.63) is 66.0 Å². The molecular weight excluding hydrogens is 377 g/mol. The van der Waals surface area contributed by atoms with Crippen LogP contribution in [0.2, 0.25) is 0 Å². The van der Waals surface area contributed by atoms with Crippen LogP contribution in [0.15, 0.2) is 59.6 Å². The summed E-state index contributed by atoms with van der Waals surface area (Å²) < 4.78 is 14.1. The number of anilines is 1. The maximum absolute atomic E-state index is 14.1. The molecule has 1 spiro atoms. The van der Waals surface area contributed by atoms with E-state index < -0.39 is 5.54 Å². The summed E-state index contributed by atoms with van der Waals surface area (Å²) in [7, 11) is 0. The lowest BCUT2D eigenvalue weighted by Gasteiger charge is -2.48. The van der Waals surface area contributed by atoms with Gasteiger partial charge in [-0.1, -0.05) is 36.4 Å². The molecule has 0 aromatic heterocycles. The first kappa shape index (κ1) is 19.4. The van der Waals surface area contributed by atoms with Crippen molar-refractivity contribution in [2.24, 2.45) is 10.9 Å². The van der Waals surface area contributed by atoms with Crippen LogP contribution < -0.4 is 4.90 Å². The van der Waals surface area contributed by atoms with Crippen molar-refractivity contribution in [3.8, 4) is 0 Å². The number of amides is 1. The Morgan fingerprint density at radius 2 is 2.00 bits per heavy atom. The van der Waals surface area contributed by atoms with E-state index in [0.717, 1.165) is 51.0 Å². The van der Waals surface area contributed by atoms with E-state index in [4.69, 9.17) is 4.99 Å². The zero-order valence-corrected chi connectivity index (χ0v) is 17.4. The van der Waals surface area contributed by atoms with Crippen LogP contribution in [0.1, 0.15) is 38.2 Å². The standard InChI is InChI=1S/C25H28FN3O/c1-18-16-25(12-14-28(18)17-19-7-3-2-4-8-19)23-22(11-6-13-27-23)24(30)29(25)21-10-5-9-20(26)15-21/h2-5,7-10,15,18,22H,6,11-14,16-17H2,1H3. The van der Waals surface area contributed by atoms with Crippen LogP contribution in [-0.4, -0.2) is 41.2 Å². The van der Waals surface area contributed by atoms with Gasteiger partial charge >= 0.3 is 0 Å². The van der Waals surface area contributed by atoms with Gasteiger partial charge in [0.15, 0.2) is 0 Å². The summed E-state index contributed by atoms with van der Waals surface area (Å²) in [6.07, 6.45) is 3.47. The summed E-state index contributed by atoms with van der Waals surface area (Å²) in [4.78, 5) is 22.8. The largest absolute Gasteiger partial charge is 0.300 e. The molecule has 5 rings (SSSR count). The second-order valence-electron chi connectivity index (χ2n) is 8.91. The van der Waals surface area contributed by atoms with Gasteiger partial charge in [0.25, 0.3) is 0 Å². The second kappa shape index (κ2) is 7.62. The van der Waals surface area contributed by atoms with Crippen molar-refractivity contribution in [1.29, 1.82) is 0 Å². The summed E-state index contributed by atoms with van der Waals surface area (Å²) in [6.45, 7) is 4.83. The van der Waals surface area contributed by atoms with Crippen molar-refractivity contribution < 1.29 is 9.18 Å². The lowest BCUT2D eigenvalue weighted by Crippen LogP contribution is -2.59. The van der Waals surface area contributed by atoms with E-state index in [1.807, 2.05) is 17.0 Å². The Kier molecular flexibility index (Phi) is 4.94. The molecule has 5 heteroatoms. The highest BCUT2D eigenvalue weighted by atomic mass is 19.1. The average Bonchev–Trinajstić information content (AvgIpc) is 2.99. The fourth-order valence-electron chi connectivity index (χ4n) is 5.68. The Bertz CT molecular complexity index is 975. The molecule has 4 nitrogen and oxygen atoms in total. The average molecular weight is 406 g/mol. The van der Waals surface area contributed by atoms with Gasteiger partial charge in [-0.3, -0.25) is 14.7 Å². The minimum atomic E-state index is -0.428. The minimum absolute atomic E-state index is 0.0998. The maximum Gasteiger partial charge on any atom is 0.236 e. The molecule has 2 aromatic rings. The van der Waals surface area contributed by atoms with E-state index in [9.17, 15) is 9.18 Å². The number of likely N-dealkylation sites (tertiary alicyclic amines) is 1. The fraction of sp³-hybridized carbons (Fsp3) is 0.440. The summed E-state index contributed by atoms with van der Waals surface area (Å²) >= 11 is 0. The first-order valence-electron chi connectivity index (χ1n) is 11.0. The minimum Gasteiger partial charge on any atom is -0.300 e. The number of halogens is 1. The van der Waals surface area contributed by atoms with Crippen molar-refractivity contribution in [2.75, 3.05) is 18.0 Å². The third-order valence-electron chi connectivity index (χ3n) is 7.05. The normalized spacial score (nSPS) is 29.2. The SMILES string of the molecule is CC1CC2(CCN1Cc1ccccc1)C1=NCCCC1C(=O)N2c1cccc(F)c1. The van der Waals surface area contributed by atoms with Gasteiger partial charge in [-0.05, 0) is 56.4 Å². The van der Waals surface area contributed by atoms with Crippen molar-refractivity contribution >= 4 is 17.3 Å². The van der Waals surface area contributed by atoms with Gasteiger partial charge in [0, 0.05) is 31.4 Å². The highest BCUT2D eigenvalue weighted by molar-refractivity contribution is 6.24. The van der Waals surface area contributed by atoms with Crippen LogP contribution in [-0.2, 0) is 11.3 Å². The number of hydrogen-bond donors (Lipinski definition) is 0. The molecule has 0 aliphatic carbocycles. The zero-order valence-electron chi connectivity index (χ0n) is 17.4. The Morgan fingerprint density at radius 3 is 2.77 bits per heavy atom. The summed E-state index contributed by atoms with van der Waals surface area (Å²) in [5, 5.41) is 0. The number of carbonyl (C=O) groups is 1. The zero-order chi connectivity index (χ0) is 20.7. The molecule has 2 fully saturated rings. The van der Waals surface area contributed by atoms with Gasteiger partial charge in [0.05, 0.1) is 17.2 Å². The predicted octanol–water partition coefficient (Wildman–Crippen LogP) is 4.45. The molecule has 0 saturated carbocycles. The number of carbonyl (C=O) groups excluding carboxylic acids is 1. The van der Waals surface area contributed by atoms with Gasteiger partial charge in [0.1, 0.15) is 5.82 Å². The van der Waals surface area contributed by atoms with Crippen molar-refractivity contribution in [3.63, 3.8) is 0 Å². The molecule has 156 valence electrons. The second-order valence-corrected chi connectivity index (χ2v) is 8.91. The molecule has 2 saturated heterocycles. The Hall–Kier alpha value is -2.53. The number of aliphatic imine (C=N–C) groups is 1. The summed E-state index contributed by atoms with van der Waals surface area (Å²) in [6, 6.07) is 17.3. The highest BCUT2D eigenvalue weighted by Crippen LogP contribution is 2.47. The quantitative estimate of drug-likeness (QED) is 0.757. The number of hydrogen-bond acceptors (Lipinski definition) is 3. The first-order chi connectivity index (χ1) is 14.6. The van der Waals surface area contributed by atoms with Crippen molar-refractivity contribution in [2.45, 2.75) is 50.7 Å². The highest BCUT2D eigenvalue weighted by Gasteiger charge is 2.58. The molecule has 3 unspecified atom stereocenters. The van der Waals surface area contributed by atoms with Gasteiger partial charge in [-0.15, -0.1) is 0 Å². The molecule has 1 amide bonds. The van der Waals surface area contributed by atoms with E-state index in [1.165, 1.54) is 17.7 Å². The Balaban J connectivity index is 1.49. The molecule has 2 aromatic carbocycles. The van der Waals surface area contributed by atoms with Gasteiger partial charge in [0.2, 0.25) is 5.91 Å². The topological polar surface area (TPSA) is 35.9 Å². The van der Waals surface area contributed by atoms with E-state index in [1.54, 1.807) is 6.07 Å². The first-order valence-corrected chi connectivity index (χ1v) is 11.0. The molecule has 30 heavy (non-hydrogen) atoms. The fourth-order valence-corrected chi connectivity index (χ4v) is 5.68. The van der Waals surface area contributed by atoms with E-state index in [0.29, 0.717) is 11.7 Å². The smallest absolute Gasteiger partial charge is 0.236 e. The van der Waals surface area contributed by atoms with Gasteiger partial charge < -0.3 is 4.90 Å². The maximum atomic E-state index is 14.1. The van der Waals surface area contributed by atoms with Gasteiger partial charge in [-0.2, -0.15) is 0 Å². The molecule has 3 heterocycles. The van der Waals surface area contributed by atoms with E-state index in [-0.39, 0.29) is 17.6 Å². The molecule has 0 radical (unpaired) electrons. The molecule has 3 aliphatic heterocycles. The van der Waals surface area contributed by atoms with Crippen LogP contribution in [0, 0.1) is 11.7 Å². The predicted molar refractivity (Wildman–Crippen MR) is 117 cm³/mol. The molecular formula is C25H28FN3O. The molecule has 0 bridgehead atoms. The van der Waals surface area contributed by atoms with Crippen LogP contribution in [0.25, 0.3) is 0 Å². The Morgan fingerprint density at radius 1 is 1.17 bits per heavy atom. The number of rotatable bonds is 3. The van der Waals surface area contributed by atoms with Gasteiger partial charge in [-0.25, -0.2) is 4.39 Å². The third-order valence-corrected chi connectivity index (χ3v) is 7.05. The number of nitrogens with zero attached hydrogens (tertiary/aromatic N) is 3. The molecule has 3 atom stereocenters.